The van der Waals surface area contributed by atoms with Crippen LogP contribution in [-0.4, -0.2) is 26.4 Å². The molecule has 0 aromatic heterocycles. The van der Waals surface area contributed by atoms with Gasteiger partial charge in [-0.25, -0.2) is 0 Å². The lowest BCUT2D eigenvalue weighted by Crippen LogP contribution is -2.41. The SMILES string of the molecule is CCC/C(C#C[Si](C)(C)C)=C(/CCC)B1OC(C)(C)C(C)(C)O1. The summed E-state index contributed by atoms with van der Waals surface area (Å²) >= 11 is 0. The van der Waals surface area contributed by atoms with Gasteiger partial charge < -0.3 is 9.31 Å². The molecule has 0 N–H and O–H groups in total. The average molecular weight is 334 g/mol. The molecule has 1 heterocycles. The summed E-state index contributed by atoms with van der Waals surface area (Å²) in [5.74, 6) is 3.51. The van der Waals surface area contributed by atoms with E-state index in [1.807, 2.05) is 0 Å². The van der Waals surface area contributed by atoms with E-state index in [1.165, 1.54) is 11.0 Å². The maximum Gasteiger partial charge on any atom is 0.491 e. The van der Waals surface area contributed by atoms with Gasteiger partial charge >= 0.3 is 7.12 Å². The predicted molar refractivity (Wildman–Crippen MR) is 104 cm³/mol. The number of hydrogen-bond donors (Lipinski definition) is 0. The first-order valence-corrected chi connectivity index (χ1v) is 12.5. The van der Waals surface area contributed by atoms with E-state index >= 15 is 0 Å². The second-order valence-corrected chi connectivity index (χ2v) is 13.3. The van der Waals surface area contributed by atoms with E-state index in [0.717, 1.165) is 25.7 Å². The first-order chi connectivity index (χ1) is 10.4. The molecule has 0 bridgehead atoms. The van der Waals surface area contributed by atoms with E-state index in [0.29, 0.717) is 0 Å². The van der Waals surface area contributed by atoms with E-state index in [-0.39, 0.29) is 18.3 Å². The molecule has 0 amide bonds. The normalized spacial score (nSPS) is 20.8. The minimum Gasteiger partial charge on any atom is -0.400 e. The van der Waals surface area contributed by atoms with Crippen molar-refractivity contribution in [3.05, 3.63) is 11.0 Å². The lowest BCUT2D eigenvalue weighted by Gasteiger charge is -2.32. The van der Waals surface area contributed by atoms with Gasteiger partial charge in [-0.05, 0) is 51.6 Å². The first-order valence-electron chi connectivity index (χ1n) is 9.04. The Morgan fingerprint density at radius 2 is 1.39 bits per heavy atom. The second kappa shape index (κ2) is 7.59. The molecule has 23 heavy (non-hydrogen) atoms. The maximum atomic E-state index is 6.30. The summed E-state index contributed by atoms with van der Waals surface area (Å²) in [5.41, 5.74) is 5.46. The molecular weight excluding hydrogens is 299 g/mol. The maximum absolute atomic E-state index is 6.30. The van der Waals surface area contributed by atoms with Gasteiger partial charge in [0.1, 0.15) is 8.07 Å². The standard InChI is InChI=1S/C19H35BO2Si/c1-10-12-16(14-15-23(7,8)9)17(13-11-2)20-21-18(3,4)19(5,6)22-20/h10-13H2,1-9H3/b17-16+. The van der Waals surface area contributed by atoms with Gasteiger partial charge in [-0.3, -0.25) is 0 Å². The fraction of sp³-hybridized carbons (Fsp3) is 0.789. The molecule has 0 aliphatic carbocycles. The predicted octanol–water partition coefficient (Wildman–Crippen LogP) is 5.40. The third kappa shape index (κ3) is 5.52. The molecule has 1 aliphatic heterocycles. The first kappa shape index (κ1) is 20.5. The third-order valence-corrected chi connectivity index (χ3v) is 5.41. The van der Waals surface area contributed by atoms with Gasteiger partial charge in [0.15, 0.2) is 0 Å². The summed E-state index contributed by atoms with van der Waals surface area (Å²) in [7, 11) is -1.64. The molecule has 0 unspecified atom stereocenters. The summed E-state index contributed by atoms with van der Waals surface area (Å²) in [5, 5.41) is 0. The fourth-order valence-corrected chi connectivity index (χ4v) is 3.01. The zero-order chi connectivity index (χ0) is 17.9. The molecular formula is C19H35BO2Si. The topological polar surface area (TPSA) is 18.5 Å². The van der Waals surface area contributed by atoms with Crippen molar-refractivity contribution in [3.8, 4) is 11.5 Å². The minimum atomic E-state index is -1.39. The van der Waals surface area contributed by atoms with Gasteiger partial charge in [0.05, 0.1) is 11.2 Å². The minimum absolute atomic E-state index is 0.252. The Bertz CT molecular complexity index is 488. The van der Waals surface area contributed by atoms with Gasteiger partial charge in [-0.15, -0.1) is 5.54 Å². The average Bonchev–Trinajstić information content (AvgIpc) is 2.60. The highest BCUT2D eigenvalue weighted by atomic mass is 28.3. The lowest BCUT2D eigenvalue weighted by atomic mass is 9.72. The van der Waals surface area contributed by atoms with Crippen LogP contribution in [0.15, 0.2) is 11.0 Å². The van der Waals surface area contributed by atoms with Crippen LogP contribution >= 0.6 is 0 Å². The van der Waals surface area contributed by atoms with E-state index in [4.69, 9.17) is 9.31 Å². The number of hydrogen-bond acceptors (Lipinski definition) is 2. The third-order valence-electron chi connectivity index (χ3n) is 4.53. The molecule has 0 atom stereocenters. The molecule has 0 saturated carbocycles. The summed E-state index contributed by atoms with van der Waals surface area (Å²) in [4.78, 5) is 0. The Hall–Kier alpha value is -0.498. The van der Waals surface area contributed by atoms with Crippen LogP contribution in [0.25, 0.3) is 0 Å². The van der Waals surface area contributed by atoms with Crippen LogP contribution in [0.4, 0.5) is 0 Å². The van der Waals surface area contributed by atoms with Crippen LogP contribution in [0.2, 0.25) is 19.6 Å². The highest BCUT2D eigenvalue weighted by molar-refractivity contribution is 6.83. The van der Waals surface area contributed by atoms with Crippen molar-refractivity contribution in [2.24, 2.45) is 0 Å². The highest BCUT2D eigenvalue weighted by Crippen LogP contribution is 2.40. The van der Waals surface area contributed by atoms with Crippen molar-refractivity contribution in [1.82, 2.24) is 0 Å². The smallest absolute Gasteiger partial charge is 0.400 e. The van der Waals surface area contributed by atoms with Crippen molar-refractivity contribution >= 4 is 15.2 Å². The van der Waals surface area contributed by atoms with Crippen molar-refractivity contribution in [2.75, 3.05) is 0 Å². The number of allylic oxidation sites excluding steroid dienone is 2. The Kier molecular flexibility index (Phi) is 6.78. The summed E-state index contributed by atoms with van der Waals surface area (Å²) < 4.78 is 12.6. The van der Waals surface area contributed by atoms with Crippen LogP contribution in [0.3, 0.4) is 0 Å². The van der Waals surface area contributed by atoms with Gasteiger partial charge in [0.2, 0.25) is 0 Å². The largest absolute Gasteiger partial charge is 0.491 e. The van der Waals surface area contributed by atoms with Gasteiger partial charge in [0.25, 0.3) is 0 Å². The van der Waals surface area contributed by atoms with Gasteiger partial charge in [-0.1, -0.05) is 52.3 Å². The van der Waals surface area contributed by atoms with Gasteiger partial charge in [0, 0.05) is 0 Å². The molecule has 1 rings (SSSR count). The molecule has 1 saturated heterocycles. The van der Waals surface area contributed by atoms with E-state index in [1.54, 1.807) is 0 Å². The van der Waals surface area contributed by atoms with Crippen LogP contribution in [0, 0.1) is 11.5 Å². The molecule has 4 heteroatoms. The summed E-state index contributed by atoms with van der Waals surface area (Å²) in [6.45, 7) is 19.7. The van der Waals surface area contributed by atoms with Crippen LogP contribution in [0.1, 0.15) is 67.2 Å². The molecule has 0 aromatic carbocycles. The van der Waals surface area contributed by atoms with Crippen LogP contribution in [-0.2, 0) is 9.31 Å². The Morgan fingerprint density at radius 1 is 0.913 bits per heavy atom. The summed E-state index contributed by atoms with van der Waals surface area (Å²) in [6, 6.07) is 0. The Labute approximate surface area is 145 Å². The van der Waals surface area contributed by atoms with Crippen molar-refractivity contribution < 1.29 is 9.31 Å². The number of rotatable bonds is 5. The molecule has 0 aromatic rings. The van der Waals surface area contributed by atoms with E-state index < -0.39 is 8.07 Å². The monoisotopic (exact) mass is 334 g/mol. The van der Waals surface area contributed by atoms with Crippen LogP contribution < -0.4 is 0 Å². The summed E-state index contributed by atoms with van der Waals surface area (Å²) in [6.07, 6.45) is 4.19. The molecule has 2 nitrogen and oxygen atoms in total. The van der Waals surface area contributed by atoms with Crippen molar-refractivity contribution in [3.63, 3.8) is 0 Å². The fourth-order valence-electron chi connectivity index (χ4n) is 2.48. The molecule has 0 spiro atoms. The Morgan fingerprint density at radius 3 is 1.78 bits per heavy atom. The molecule has 0 radical (unpaired) electrons. The lowest BCUT2D eigenvalue weighted by molar-refractivity contribution is 0.00578. The van der Waals surface area contributed by atoms with Crippen molar-refractivity contribution in [1.29, 1.82) is 0 Å². The molecule has 1 aliphatic rings. The van der Waals surface area contributed by atoms with E-state index in [9.17, 15) is 0 Å². The van der Waals surface area contributed by atoms with Crippen molar-refractivity contribution in [2.45, 2.75) is 98.1 Å². The second-order valence-electron chi connectivity index (χ2n) is 8.59. The molecule has 1 fully saturated rings. The van der Waals surface area contributed by atoms with E-state index in [2.05, 4.69) is 72.6 Å². The quantitative estimate of drug-likeness (QED) is 0.495. The van der Waals surface area contributed by atoms with Gasteiger partial charge in [-0.2, -0.15) is 0 Å². The van der Waals surface area contributed by atoms with Crippen LogP contribution in [0.5, 0.6) is 0 Å². The highest BCUT2D eigenvalue weighted by Gasteiger charge is 2.52. The zero-order valence-corrected chi connectivity index (χ0v) is 17.7. The Balaban J connectivity index is 3.26. The molecule has 130 valence electrons. The zero-order valence-electron chi connectivity index (χ0n) is 16.7.